The van der Waals surface area contributed by atoms with E-state index in [9.17, 15) is 4.79 Å². The van der Waals surface area contributed by atoms with Gasteiger partial charge in [-0.3, -0.25) is 9.69 Å². The fourth-order valence-corrected chi connectivity index (χ4v) is 5.79. The van der Waals surface area contributed by atoms with Crippen molar-refractivity contribution in [3.8, 4) is 0 Å². The minimum Gasteiger partial charge on any atom is -0.377 e. The topological polar surface area (TPSA) is 88.9 Å². The Morgan fingerprint density at radius 2 is 1.94 bits per heavy atom. The van der Waals surface area contributed by atoms with E-state index in [0.717, 1.165) is 74.0 Å². The molecule has 2 aliphatic rings. The molecule has 2 fully saturated rings. The van der Waals surface area contributed by atoms with Crippen molar-refractivity contribution in [3.63, 3.8) is 0 Å². The molecule has 0 bridgehead atoms. The molecule has 5 rings (SSSR count). The monoisotopic (exact) mass is 478 g/mol. The Balaban J connectivity index is 1.51. The average Bonchev–Trinajstić information content (AvgIpc) is 3.61. The molecule has 1 saturated heterocycles. The van der Waals surface area contributed by atoms with E-state index in [2.05, 4.69) is 69.1 Å². The highest BCUT2D eigenvalue weighted by molar-refractivity contribution is 5.80. The average molecular weight is 479 g/mol. The number of aryl methyl sites for hydroxylation is 2. The lowest BCUT2D eigenvalue weighted by atomic mass is 10.0. The van der Waals surface area contributed by atoms with Gasteiger partial charge in [0.15, 0.2) is 5.82 Å². The number of nitrogens with one attached hydrogen (secondary N) is 1. The summed E-state index contributed by atoms with van der Waals surface area (Å²) < 4.78 is 8.12. The summed E-state index contributed by atoms with van der Waals surface area (Å²) in [4.78, 5) is 18.7. The second kappa shape index (κ2) is 10.6. The van der Waals surface area contributed by atoms with Gasteiger partial charge in [-0.2, -0.15) is 0 Å². The number of ether oxygens (including phenoxy) is 1. The molecule has 2 atom stereocenters. The summed E-state index contributed by atoms with van der Waals surface area (Å²) in [6.07, 6.45) is 8.98. The zero-order valence-corrected chi connectivity index (χ0v) is 21.3. The van der Waals surface area contributed by atoms with Crippen molar-refractivity contribution in [3.05, 3.63) is 51.1 Å². The third-order valence-electron chi connectivity index (χ3n) is 7.86. The van der Waals surface area contributed by atoms with Gasteiger partial charge < -0.3 is 9.72 Å². The molecular formula is C27H38N6O2. The third-order valence-corrected chi connectivity index (χ3v) is 7.86. The van der Waals surface area contributed by atoms with Crippen LogP contribution in [-0.4, -0.2) is 49.3 Å². The largest absolute Gasteiger partial charge is 0.377 e. The summed E-state index contributed by atoms with van der Waals surface area (Å²) in [5.74, 6) is 0.931. The molecule has 3 heterocycles. The van der Waals surface area contributed by atoms with Crippen LogP contribution in [0.1, 0.15) is 92.9 Å². The standard InChI is InChI=1S/C27H38N6O2/c1-4-8-25(26-29-30-31-33(26)22-9-5-6-10-22)32(17-23-11-7-12-35-23)16-21-15-20-13-18(2)19(3)14-24(20)28-27(21)34/h13-15,22-23,25H,4-12,16-17H2,1-3H3,(H,28,34)/t23-,25-/m0/s1. The van der Waals surface area contributed by atoms with E-state index >= 15 is 0 Å². The summed E-state index contributed by atoms with van der Waals surface area (Å²) in [6.45, 7) is 8.52. The second-order valence-corrected chi connectivity index (χ2v) is 10.4. The lowest BCUT2D eigenvalue weighted by Gasteiger charge is -2.33. The minimum absolute atomic E-state index is 0.0243. The highest BCUT2D eigenvalue weighted by atomic mass is 16.5. The van der Waals surface area contributed by atoms with E-state index in [0.29, 0.717) is 12.6 Å². The quantitative estimate of drug-likeness (QED) is 0.477. The van der Waals surface area contributed by atoms with Crippen LogP contribution >= 0.6 is 0 Å². The van der Waals surface area contributed by atoms with Crippen LogP contribution in [0.5, 0.6) is 0 Å². The van der Waals surface area contributed by atoms with Gasteiger partial charge in [0, 0.05) is 30.8 Å². The van der Waals surface area contributed by atoms with Crippen LogP contribution in [0.3, 0.4) is 0 Å². The summed E-state index contributed by atoms with van der Waals surface area (Å²) >= 11 is 0. The minimum atomic E-state index is -0.0243. The first kappa shape index (κ1) is 24.1. The molecule has 0 radical (unpaired) electrons. The molecule has 1 aliphatic heterocycles. The fraction of sp³-hybridized carbons (Fsp3) is 0.630. The molecule has 1 saturated carbocycles. The summed E-state index contributed by atoms with van der Waals surface area (Å²) in [6, 6.07) is 6.70. The maximum atomic E-state index is 13.2. The van der Waals surface area contributed by atoms with Gasteiger partial charge in [0.05, 0.1) is 18.2 Å². The van der Waals surface area contributed by atoms with Crippen LogP contribution < -0.4 is 5.56 Å². The molecule has 1 aromatic carbocycles. The van der Waals surface area contributed by atoms with Gasteiger partial charge in [0.2, 0.25) is 0 Å². The van der Waals surface area contributed by atoms with Gasteiger partial charge in [-0.1, -0.05) is 26.2 Å². The number of aromatic amines is 1. The van der Waals surface area contributed by atoms with E-state index in [1.807, 2.05) is 0 Å². The Hall–Kier alpha value is -2.58. The number of pyridine rings is 1. The Morgan fingerprint density at radius 1 is 1.14 bits per heavy atom. The predicted octanol–water partition coefficient (Wildman–Crippen LogP) is 4.77. The van der Waals surface area contributed by atoms with E-state index < -0.39 is 0 Å². The normalized spacial score (nSPS) is 19.8. The molecule has 8 heteroatoms. The number of fused-ring (bicyclic) bond motifs is 1. The number of nitrogens with zero attached hydrogens (tertiary/aromatic N) is 5. The first-order valence-electron chi connectivity index (χ1n) is 13.3. The summed E-state index contributed by atoms with van der Waals surface area (Å²) in [7, 11) is 0. The first-order chi connectivity index (χ1) is 17.0. The van der Waals surface area contributed by atoms with Crippen molar-refractivity contribution in [2.24, 2.45) is 0 Å². The number of benzene rings is 1. The number of rotatable bonds is 9. The zero-order valence-electron chi connectivity index (χ0n) is 21.3. The molecule has 8 nitrogen and oxygen atoms in total. The molecular weight excluding hydrogens is 440 g/mol. The lowest BCUT2D eigenvalue weighted by molar-refractivity contribution is 0.0471. The number of hydrogen-bond acceptors (Lipinski definition) is 6. The predicted molar refractivity (Wildman–Crippen MR) is 136 cm³/mol. The maximum absolute atomic E-state index is 13.2. The lowest BCUT2D eigenvalue weighted by Crippen LogP contribution is -2.38. The Labute approximate surface area is 207 Å². The number of aromatic nitrogens is 5. The van der Waals surface area contributed by atoms with Crippen molar-refractivity contribution >= 4 is 10.9 Å². The van der Waals surface area contributed by atoms with Crippen LogP contribution in [0.15, 0.2) is 23.0 Å². The van der Waals surface area contributed by atoms with E-state index in [1.54, 1.807) is 0 Å². The van der Waals surface area contributed by atoms with Gasteiger partial charge in [-0.25, -0.2) is 4.68 Å². The molecule has 3 aromatic rings. The van der Waals surface area contributed by atoms with Gasteiger partial charge in [0.1, 0.15) is 0 Å². The molecule has 1 N–H and O–H groups in total. The molecule has 35 heavy (non-hydrogen) atoms. The highest BCUT2D eigenvalue weighted by Crippen LogP contribution is 2.34. The van der Waals surface area contributed by atoms with Crippen LogP contribution in [0.25, 0.3) is 10.9 Å². The van der Waals surface area contributed by atoms with E-state index in [-0.39, 0.29) is 17.7 Å². The Bertz CT molecular complexity index is 1210. The summed E-state index contributed by atoms with van der Waals surface area (Å²) in [5, 5.41) is 14.1. The van der Waals surface area contributed by atoms with Gasteiger partial charge >= 0.3 is 0 Å². The van der Waals surface area contributed by atoms with Gasteiger partial charge in [-0.15, -0.1) is 5.10 Å². The third kappa shape index (κ3) is 5.19. The molecule has 0 spiro atoms. The van der Waals surface area contributed by atoms with Crippen LogP contribution in [0, 0.1) is 13.8 Å². The molecule has 0 unspecified atom stereocenters. The first-order valence-corrected chi connectivity index (χ1v) is 13.3. The van der Waals surface area contributed by atoms with Crippen LogP contribution in [0.2, 0.25) is 0 Å². The van der Waals surface area contributed by atoms with Crippen molar-refractivity contribution in [1.29, 1.82) is 0 Å². The smallest absolute Gasteiger partial charge is 0.252 e. The van der Waals surface area contributed by atoms with Gasteiger partial charge in [-0.05, 0) is 91.1 Å². The van der Waals surface area contributed by atoms with Crippen molar-refractivity contribution in [1.82, 2.24) is 30.1 Å². The molecule has 1 aliphatic carbocycles. The number of tetrazole rings is 1. The van der Waals surface area contributed by atoms with E-state index in [1.165, 1.54) is 24.0 Å². The number of H-pyrrole nitrogens is 1. The maximum Gasteiger partial charge on any atom is 0.252 e. The fourth-order valence-electron chi connectivity index (χ4n) is 5.79. The Morgan fingerprint density at radius 3 is 2.69 bits per heavy atom. The molecule has 0 amide bonds. The van der Waals surface area contributed by atoms with Crippen molar-refractivity contribution < 1.29 is 4.74 Å². The molecule has 188 valence electrons. The molecule has 2 aromatic heterocycles. The number of hydrogen-bond donors (Lipinski definition) is 1. The van der Waals surface area contributed by atoms with E-state index in [4.69, 9.17) is 4.74 Å². The second-order valence-electron chi connectivity index (χ2n) is 10.4. The zero-order chi connectivity index (χ0) is 24.4. The van der Waals surface area contributed by atoms with Crippen LogP contribution in [-0.2, 0) is 11.3 Å². The summed E-state index contributed by atoms with van der Waals surface area (Å²) in [5.41, 5.74) is 4.06. The SMILES string of the molecule is CCC[C@@H](c1nnnn1C1CCCC1)N(Cc1cc2cc(C)c(C)cc2[nH]c1=O)C[C@@H]1CCCO1. The van der Waals surface area contributed by atoms with Crippen molar-refractivity contribution in [2.45, 2.75) is 96.9 Å². The van der Waals surface area contributed by atoms with Crippen molar-refractivity contribution in [2.75, 3.05) is 13.2 Å². The Kier molecular flexibility index (Phi) is 7.29. The van der Waals surface area contributed by atoms with Crippen LogP contribution in [0.4, 0.5) is 0 Å². The highest BCUT2D eigenvalue weighted by Gasteiger charge is 2.32. The van der Waals surface area contributed by atoms with Gasteiger partial charge in [0.25, 0.3) is 5.56 Å².